The van der Waals surface area contributed by atoms with E-state index in [0.29, 0.717) is 11.8 Å². The van der Waals surface area contributed by atoms with Gasteiger partial charge >= 0.3 is 0 Å². The first-order chi connectivity index (χ1) is 9.67. The smallest absolute Gasteiger partial charge is 0.236 e. The van der Waals surface area contributed by atoms with Gasteiger partial charge in [-0.05, 0) is 24.7 Å². The molecule has 1 saturated carbocycles. The fourth-order valence-corrected chi connectivity index (χ4v) is 3.21. The van der Waals surface area contributed by atoms with Gasteiger partial charge in [0.2, 0.25) is 5.91 Å². The van der Waals surface area contributed by atoms with Crippen molar-refractivity contribution in [3.63, 3.8) is 0 Å². The average molecular weight is 319 g/mol. The van der Waals surface area contributed by atoms with Gasteiger partial charge in [-0.3, -0.25) is 4.79 Å². The molecule has 0 aromatic rings. The summed E-state index contributed by atoms with van der Waals surface area (Å²) in [5, 5.41) is 3.07. The predicted octanol–water partition coefficient (Wildman–Crippen LogP) is 4.04. The Kier molecular flexibility index (Phi) is 12.1. The van der Waals surface area contributed by atoms with Crippen LogP contribution in [-0.4, -0.2) is 18.5 Å². The summed E-state index contributed by atoms with van der Waals surface area (Å²) in [4.78, 5) is 12.1. The molecule has 0 spiro atoms. The summed E-state index contributed by atoms with van der Waals surface area (Å²) in [7, 11) is 0. The van der Waals surface area contributed by atoms with Crippen molar-refractivity contribution >= 4 is 18.3 Å². The average Bonchev–Trinajstić information content (AvgIpc) is 2.48. The molecule has 0 aromatic carbocycles. The zero-order valence-electron chi connectivity index (χ0n) is 13.9. The Balaban J connectivity index is 0.00000400. The lowest BCUT2D eigenvalue weighted by molar-refractivity contribution is -0.123. The Morgan fingerprint density at radius 2 is 1.90 bits per heavy atom. The topological polar surface area (TPSA) is 55.1 Å². The third-order valence-electron chi connectivity index (χ3n) is 4.76. The molecule has 1 aliphatic rings. The standard InChI is InChI=1S/C17H34N2O.ClH/c1-3-5-9-14(4-2)13-19-17(20)16(18)12-15-10-7-6-8-11-15;/h14-16H,3-13,18H2,1-2H3,(H,19,20);1H/t14?,16-;/m1./s1. The van der Waals surface area contributed by atoms with Crippen LogP contribution in [0.3, 0.4) is 0 Å². The van der Waals surface area contributed by atoms with Gasteiger partial charge in [0.1, 0.15) is 0 Å². The summed E-state index contributed by atoms with van der Waals surface area (Å²) in [6.45, 7) is 5.22. The first-order valence-electron chi connectivity index (χ1n) is 8.70. The highest BCUT2D eigenvalue weighted by Crippen LogP contribution is 2.26. The molecule has 0 heterocycles. The number of rotatable bonds is 9. The summed E-state index contributed by atoms with van der Waals surface area (Å²) < 4.78 is 0. The largest absolute Gasteiger partial charge is 0.354 e. The fourth-order valence-electron chi connectivity index (χ4n) is 3.21. The minimum atomic E-state index is -0.304. The zero-order chi connectivity index (χ0) is 14.8. The maximum absolute atomic E-state index is 12.1. The van der Waals surface area contributed by atoms with E-state index in [9.17, 15) is 4.79 Å². The van der Waals surface area contributed by atoms with Crippen LogP contribution in [0.1, 0.15) is 78.1 Å². The Hall–Kier alpha value is -0.280. The van der Waals surface area contributed by atoms with Gasteiger partial charge < -0.3 is 11.1 Å². The van der Waals surface area contributed by atoms with Crippen molar-refractivity contribution in [1.82, 2.24) is 5.32 Å². The number of hydrogen-bond acceptors (Lipinski definition) is 2. The van der Waals surface area contributed by atoms with Crippen molar-refractivity contribution < 1.29 is 4.79 Å². The molecule has 1 rings (SSSR count). The van der Waals surface area contributed by atoms with Gasteiger partial charge in [-0.15, -0.1) is 12.4 Å². The normalized spacial score (nSPS) is 18.6. The van der Waals surface area contributed by atoms with Crippen LogP contribution in [0, 0.1) is 11.8 Å². The molecule has 0 aliphatic heterocycles. The van der Waals surface area contributed by atoms with E-state index in [1.165, 1.54) is 51.4 Å². The molecule has 1 aliphatic carbocycles. The summed E-state index contributed by atoms with van der Waals surface area (Å²) >= 11 is 0. The van der Waals surface area contributed by atoms with E-state index in [4.69, 9.17) is 5.73 Å². The lowest BCUT2D eigenvalue weighted by Crippen LogP contribution is -2.43. The Morgan fingerprint density at radius 3 is 2.48 bits per heavy atom. The molecular weight excluding hydrogens is 284 g/mol. The fraction of sp³-hybridized carbons (Fsp3) is 0.941. The summed E-state index contributed by atoms with van der Waals surface area (Å²) in [5.74, 6) is 1.35. The molecule has 2 atom stereocenters. The minimum Gasteiger partial charge on any atom is -0.354 e. The quantitative estimate of drug-likeness (QED) is 0.674. The van der Waals surface area contributed by atoms with Crippen LogP contribution in [0.4, 0.5) is 0 Å². The number of carbonyl (C=O) groups is 1. The number of nitrogens with one attached hydrogen (secondary N) is 1. The van der Waals surface area contributed by atoms with Crippen LogP contribution in [0.25, 0.3) is 0 Å². The molecule has 0 bridgehead atoms. The lowest BCUT2D eigenvalue weighted by atomic mass is 9.85. The molecule has 0 saturated heterocycles. The van der Waals surface area contributed by atoms with Gasteiger partial charge in [-0.1, -0.05) is 65.2 Å². The van der Waals surface area contributed by atoms with E-state index in [0.717, 1.165) is 19.4 Å². The van der Waals surface area contributed by atoms with Gasteiger partial charge in [0.15, 0.2) is 0 Å². The molecule has 1 unspecified atom stereocenters. The van der Waals surface area contributed by atoms with E-state index in [1.54, 1.807) is 0 Å². The number of amides is 1. The van der Waals surface area contributed by atoms with Crippen LogP contribution in [0.15, 0.2) is 0 Å². The molecule has 1 fully saturated rings. The van der Waals surface area contributed by atoms with Crippen molar-refractivity contribution in [3.8, 4) is 0 Å². The van der Waals surface area contributed by atoms with E-state index in [1.807, 2.05) is 0 Å². The van der Waals surface area contributed by atoms with Crippen molar-refractivity contribution in [2.45, 2.75) is 84.1 Å². The molecule has 3 N–H and O–H groups in total. The third kappa shape index (κ3) is 8.67. The van der Waals surface area contributed by atoms with Crippen molar-refractivity contribution in [2.75, 3.05) is 6.54 Å². The first kappa shape index (κ1) is 20.7. The lowest BCUT2D eigenvalue weighted by Gasteiger charge is -2.24. The minimum absolute atomic E-state index is 0. The van der Waals surface area contributed by atoms with Gasteiger partial charge in [0, 0.05) is 6.54 Å². The highest BCUT2D eigenvalue weighted by molar-refractivity contribution is 5.85. The first-order valence-corrected chi connectivity index (χ1v) is 8.70. The number of nitrogens with two attached hydrogens (primary N) is 1. The molecule has 3 nitrogen and oxygen atoms in total. The number of unbranched alkanes of at least 4 members (excludes halogenated alkanes) is 1. The Bertz CT molecular complexity index is 268. The van der Waals surface area contributed by atoms with E-state index in [-0.39, 0.29) is 24.4 Å². The van der Waals surface area contributed by atoms with E-state index >= 15 is 0 Å². The molecule has 4 heteroatoms. The van der Waals surface area contributed by atoms with Crippen LogP contribution in [-0.2, 0) is 4.79 Å². The second-order valence-electron chi connectivity index (χ2n) is 6.51. The SMILES string of the molecule is CCCCC(CC)CNC(=O)[C@H](N)CC1CCCCC1.Cl. The molecule has 1 amide bonds. The second kappa shape index (κ2) is 12.3. The Labute approximate surface area is 137 Å². The van der Waals surface area contributed by atoms with Crippen molar-refractivity contribution in [2.24, 2.45) is 17.6 Å². The Morgan fingerprint density at radius 1 is 1.24 bits per heavy atom. The highest BCUT2D eigenvalue weighted by atomic mass is 35.5. The van der Waals surface area contributed by atoms with Gasteiger partial charge in [0.05, 0.1) is 6.04 Å². The summed E-state index contributed by atoms with van der Waals surface area (Å²) in [6.07, 6.45) is 12.2. The highest BCUT2D eigenvalue weighted by Gasteiger charge is 2.21. The molecule has 21 heavy (non-hydrogen) atoms. The van der Waals surface area contributed by atoms with Crippen LogP contribution >= 0.6 is 12.4 Å². The number of carbonyl (C=O) groups excluding carboxylic acids is 1. The van der Waals surface area contributed by atoms with E-state index < -0.39 is 0 Å². The molecule has 0 radical (unpaired) electrons. The van der Waals surface area contributed by atoms with Gasteiger partial charge in [-0.2, -0.15) is 0 Å². The predicted molar refractivity (Wildman–Crippen MR) is 92.7 cm³/mol. The second-order valence-corrected chi connectivity index (χ2v) is 6.51. The summed E-state index contributed by atoms with van der Waals surface area (Å²) in [5.41, 5.74) is 6.06. The number of halogens is 1. The van der Waals surface area contributed by atoms with Crippen molar-refractivity contribution in [1.29, 1.82) is 0 Å². The van der Waals surface area contributed by atoms with Gasteiger partial charge in [0.25, 0.3) is 0 Å². The van der Waals surface area contributed by atoms with Crippen molar-refractivity contribution in [3.05, 3.63) is 0 Å². The maximum Gasteiger partial charge on any atom is 0.236 e. The molecule has 126 valence electrons. The molecular formula is C17H35ClN2O. The van der Waals surface area contributed by atoms with Crippen LogP contribution in [0.2, 0.25) is 0 Å². The maximum atomic E-state index is 12.1. The zero-order valence-corrected chi connectivity index (χ0v) is 14.7. The number of hydrogen-bond donors (Lipinski definition) is 2. The monoisotopic (exact) mass is 318 g/mol. The summed E-state index contributed by atoms with van der Waals surface area (Å²) in [6, 6.07) is -0.304. The van der Waals surface area contributed by atoms with E-state index in [2.05, 4.69) is 19.2 Å². The van der Waals surface area contributed by atoms with Gasteiger partial charge in [-0.25, -0.2) is 0 Å². The third-order valence-corrected chi connectivity index (χ3v) is 4.76. The van der Waals surface area contributed by atoms with Crippen LogP contribution < -0.4 is 11.1 Å². The molecule has 0 aromatic heterocycles. The van der Waals surface area contributed by atoms with Crippen LogP contribution in [0.5, 0.6) is 0 Å².